The third-order valence-corrected chi connectivity index (χ3v) is 4.10. The molecule has 1 aromatic carbocycles. The van der Waals surface area contributed by atoms with Crippen LogP contribution in [0.1, 0.15) is 17.7 Å². The predicted molar refractivity (Wildman–Crippen MR) is 90.2 cm³/mol. The van der Waals surface area contributed by atoms with E-state index in [4.69, 9.17) is 10.5 Å². The van der Waals surface area contributed by atoms with Gasteiger partial charge in [0.05, 0.1) is 19.2 Å². The second-order valence-electron chi connectivity index (χ2n) is 4.85. The van der Waals surface area contributed by atoms with Gasteiger partial charge in [-0.15, -0.1) is 11.3 Å². The summed E-state index contributed by atoms with van der Waals surface area (Å²) in [6, 6.07) is 9.53. The number of nitrogens with one attached hydrogen (secondary N) is 1. The molecule has 2 rings (SSSR count). The molecule has 0 radical (unpaired) electrons. The van der Waals surface area contributed by atoms with E-state index in [9.17, 15) is 9.59 Å². The van der Waals surface area contributed by atoms with Gasteiger partial charge in [0.1, 0.15) is 0 Å². The van der Waals surface area contributed by atoms with E-state index >= 15 is 0 Å². The van der Waals surface area contributed by atoms with Gasteiger partial charge >= 0.3 is 5.97 Å². The molecule has 0 spiro atoms. The Bertz CT molecular complexity index is 670. The van der Waals surface area contributed by atoms with Crippen molar-refractivity contribution < 1.29 is 14.3 Å². The molecule has 3 N–H and O–H groups in total. The van der Waals surface area contributed by atoms with Crippen molar-refractivity contribution in [2.24, 2.45) is 5.73 Å². The van der Waals surface area contributed by atoms with E-state index in [-0.39, 0.29) is 18.3 Å². The Morgan fingerprint density at radius 1 is 1.30 bits per heavy atom. The second-order valence-corrected chi connectivity index (χ2v) is 5.93. The van der Waals surface area contributed by atoms with Crippen LogP contribution in [0.2, 0.25) is 0 Å². The molecule has 1 aromatic heterocycles. The number of nitrogens with zero attached hydrogens (tertiary/aromatic N) is 1. The van der Waals surface area contributed by atoms with Gasteiger partial charge in [0, 0.05) is 16.9 Å². The number of anilines is 1. The molecule has 0 saturated heterocycles. The zero-order valence-electron chi connectivity index (χ0n) is 12.9. The highest BCUT2D eigenvalue weighted by molar-refractivity contribution is 7.16. The van der Waals surface area contributed by atoms with Gasteiger partial charge < -0.3 is 15.8 Å². The first kappa shape index (κ1) is 17.1. The van der Waals surface area contributed by atoms with Gasteiger partial charge in [-0.05, 0) is 13.0 Å². The fraction of sp³-hybridized carbons (Fsp3) is 0.312. The number of carbonyl (C=O) groups is 2. The van der Waals surface area contributed by atoms with Crippen molar-refractivity contribution in [3.8, 4) is 11.3 Å². The standard InChI is InChI=1S/C16H19N3O3S/c1-22-14(21)10-12-15(11-6-3-2-4-7-11)19-16(23-12)18-13(20)8-5-9-17/h2-4,6-7H,5,8-10,17H2,1H3,(H,18,19,20). The summed E-state index contributed by atoms with van der Waals surface area (Å²) in [6.45, 7) is 0.466. The summed E-state index contributed by atoms with van der Waals surface area (Å²) >= 11 is 1.28. The fourth-order valence-electron chi connectivity index (χ4n) is 1.99. The van der Waals surface area contributed by atoms with E-state index in [0.717, 1.165) is 10.4 Å². The van der Waals surface area contributed by atoms with E-state index in [1.165, 1.54) is 18.4 Å². The minimum Gasteiger partial charge on any atom is -0.469 e. The molecular weight excluding hydrogens is 314 g/mol. The first-order valence-corrected chi connectivity index (χ1v) is 8.07. The lowest BCUT2D eigenvalue weighted by atomic mass is 10.1. The summed E-state index contributed by atoms with van der Waals surface area (Å²) in [7, 11) is 1.35. The average molecular weight is 333 g/mol. The maximum atomic E-state index is 11.8. The maximum Gasteiger partial charge on any atom is 0.310 e. The summed E-state index contributed by atoms with van der Waals surface area (Å²) in [5, 5.41) is 3.24. The van der Waals surface area contributed by atoms with Crippen LogP contribution in [0.15, 0.2) is 30.3 Å². The van der Waals surface area contributed by atoms with Crippen molar-refractivity contribution in [2.75, 3.05) is 19.0 Å². The third kappa shape index (κ3) is 4.87. The highest BCUT2D eigenvalue weighted by Gasteiger charge is 2.17. The van der Waals surface area contributed by atoms with Crippen molar-refractivity contribution in [2.45, 2.75) is 19.3 Å². The number of aromatic nitrogens is 1. The number of amides is 1. The van der Waals surface area contributed by atoms with Crippen LogP contribution in [0, 0.1) is 0 Å². The zero-order chi connectivity index (χ0) is 16.7. The topological polar surface area (TPSA) is 94.3 Å². The average Bonchev–Trinajstić information content (AvgIpc) is 2.95. The molecule has 0 aliphatic rings. The van der Waals surface area contributed by atoms with Crippen LogP contribution in [-0.4, -0.2) is 30.5 Å². The van der Waals surface area contributed by atoms with Crippen LogP contribution >= 0.6 is 11.3 Å². The normalized spacial score (nSPS) is 10.3. The molecule has 122 valence electrons. The van der Waals surface area contributed by atoms with Crippen LogP contribution in [0.5, 0.6) is 0 Å². The second kappa shape index (κ2) is 8.40. The molecule has 0 aliphatic carbocycles. The molecule has 7 heteroatoms. The highest BCUT2D eigenvalue weighted by Crippen LogP contribution is 2.31. The Labute approximate surface area is 138 Å². The van der Waals surface area contributed by atoms with Crippen LogP contribution in [0.3, 0.4) is 0 Å². The van der Waals surface area contributed by atoms with E-state index in [0.29, 0.717) is 30.2 Å². The zero-order valence-corrected chi connectivity index (χ0v) is 13.7. The van der Waals surface area contributed by atoms with Gasteiger partial charge in [0.25, 0.3) is 0 Å². The number of hydrogen-bond acceptors (Lipinski definition) is 6. The Balaban J connectivity index is 2.24. The van der Waals surface area contributed by atoms with Crippen LogP contribution in [0.4, 0.5) is 5.13 Å². The lowest BCUT2D eigenvalue weighted by Gasteiger charge is -2.01. The van der Waals surface area contributed by atoms with Crippen molar-refractivity contribution in [1.29, 1.82) is 0 Å². The van der Waals surface area contributed by atoms with E-state index < -0.39 is 0 Å². The molecule has 0 unspecified atom stereocenters. The fourth-order valence-corrected chi connectivity index (χ4v) is 2.98. The van der Waals surface area contributed by atoms with Crippen LogP contribution in [0.25, 0.3) is 11.3 Å². The summed E-state index contributed by atoms with van der Waals surface area (Å²) in [5.41, 5.74) is 6.98. The number of rotatable bonds is 7. The first-order valence-electron chi connectivity index (χ1n) is 7.26. The molecule has 1 heterocycles. The number of methoxy groups -OCH3 is 1. The molecule has 2 aromatic rings. The Morgan fingerprint density at radius 2 is 2.04 bits per heavy atom. The SMILES string of the molecule is COC(=O)Cc1sc(NC(=O)CCCN)nc1-c1ccccc1. The Morgan fingerprint density at radius 3 is 2.70 bits per heavy atom. The molecule has 0 fully saturated rings. The van der Waals surface area contributed by atoms with E-state index in [2.05, 4.69) is 10.3 Å². The van der Waals surface area contributed by atoms with Crippen LogP contribution in [-0.2, 0) is 20.7 Å². The van der Waals surface area contributed by atoms with E-state index in [1.54, 1.807) is 0 Å². The third-order valence-electron chi connectivity index (χ3n) is 3.13. The lowest BCUT2D eigenvalue weighted by molar-refractivity contribution is -0.139. The summed E-state index contributed by atoms with van der Waals surface area (Å²) in [4.78, 5) is 28.6. The van der Waals surface area contributed by atoms with Gasteiger partial charge in [-0.1, -0.05) is 30.3 Å². The molecule has 6 nitrogen and oxygen atoms in total. The largest absolute Gasteiger partial charge is 0.469 e. The molecule has 23 heavy (non-hydrogen) atoms. The number of benzene rings is 1. The number of carbonyl (C=O) groups excluding carboxylic acids is 2. The minimum atomic E-state index is -0.341. The maximum absolute atomic E-state index is 11.8. The van der Waals surface area contributed by atoms with Gasteiger partial charge in [0.15, 0.2) is 5.13 Å². The number of hydrogen-bond donors (Lipinski definition) is 2. The highest BCUT2D eigenvalue weighted by atomic mass is 32.1. The molecule has 0 atom stereocenters. The van der Waals surface area contributed by atoms with Gasteiger partial charge in [-0.3, -0.25) is 9.59 Å². The van der Waals surface area contributed by atoms with Crippen molar-refractivity contribution in [3.63, 3.8) is 0 Å². The molecular formula is C16H19N3O3S. The quantitative estimate of drug-likeness (QED) is 0.758. The lowest BCUT2D eigenvalue weighted by Crippen LogP contribution is -2.13. The summed E-state index contributed by atoms with van der Waals surface area (Å²) in [5.74, 6) is -0.472. The smallest absolute Gasteiger partial charge is 0.310 e. The van der Waals surface area contributed by atoms with Crippen molar-refractivity contribution in [1.82, 2.24) is 4.98 Å². The Kier molecular flexibility index (Phi) is 6.25. The minimum absolute atomic E-state index is 0.122. The summed E-state index contributed by atoms with van der Waals surface area (Å²) < 4.78 is 4.73. The number of ether oxygens (including phenoxy) is 1. The first-order chi connectivity index (χ1) is 11.1. The van der Waals surface area contributed by atoms with Crippen molar-refractivity contribution in [3.05, 3.63) is 35.2 Å². The number of thiazole rings is 1. The van der Waals surface area contributed by atoms with Gasteiger partial charge in [0.2, 0.25) is 5.91 Å². The van der Waals surface area contributed by atoms with Gasteiger partial charge in [-0.2, -0.15) is 0 Å². The molecule has 0 aliphatic heterocycles. The van der Waals surface area contributed by atoms with Gasteiger partial charge in [-0.25, -0.2) is 4.98 Å². The van der Waals surface area contributed by atoms with Crippen LogP contribution < -0.4 is 11.1 Å². The Hall–Kier alpha value is -2.25. The predicted octanol–water partition coefficient (Wildman–Crippen LogP) is 2.20. The summed E-state index contributed by atoms with van der Waals surface area (Å²) in [6.07, 6.45) is 1.10. The van der Waals surface area contributed by atoms with Crippen molar-refractivity contribution >= 4 is 28.3 Å². The molecule has 0 bridgehead atoms. The van der Waals surface area contributed by atoms with E-state index in [1.807, 2.05) is 30.3 Å². The molecule has 1 amide bonds. The molecule has 0 saturated carbocycles. The number of nitrogens with two attached hydrogens (primary N) is 1. The number of esters is 1. The monoisotopic (exact) mass is 333 g/mol.